The molecule has 4 amide bonds. The molecule has 0 saturated carbocycles. The zero-order chi connectivity index (χ0) is 10.9. The highest BCUT2D eigenvalue weighted by molar-refractivity contribution is 6.06. The first-order valence-corrected chi connectivity index (χ1v) is 3.93. The number of urea groups is 1. The van der Waals surface area contributed by atoms with E-state index in [2.05, 4.69) is 5.43 Å². The molecule has 0 aromatic rings. The molecular weight excluding hydrogens is 190 g/mol. The molecule has 1 saturated heterocycles. The summed E-state index contributed by atoms with van der Waals surface area (Å²) in [5.74, 6) is -0.556. The zero-order valence-electron chi connectivity index (χ0n) is 7.85. The summed E-state index contributed by atoms with van der Waals surface area (Å²) in [4.78, 5) is 33.8. The summed E-state index contributed by atoms with van der Waals surface area (Å²) in [6.45, 7) is 2.25. The van der Waals surface area contributed by atoms with Crippen LogP contribution < -0.4 is 5.43 Å². The second-order valence-corrected chi connectivity index (χ2v) is 3.30. The highest BCUT2D eigenvalue weighted by atomic mass is 16.3. The third-order valence-corrected chi connectivity index (χ3v) is 2.07. The molecule has 1 rings (SSSR count). The Hall–Kier alpha value is -1.63. The predicted molar refractivity (Wildman–Crippen MR) is 44.4 cm³/mol. The molecule has 0 aliphatic carbocycles. The van der Waals surface area contributed by atoms with Crippen LogP contribution in [0.15, 0.2) is 0 Å². The summed E-state index contributed by atoms with van der Waals surface area (Å²) < 4.78 is 0. The molecule has 1 aliphatic rings. The maximum atomic E-state index is 11.5. The monoisotopic (exact) mass is 201 g/mol. The van der Waals surface area contributed by atoms with E-state index in [-0.39, 0.29) is 0 Å². The zero-order valence-corrected chi connectivity index (χ0v) is 7.85. The molecule has 0 aromatic heterocycles. The Morgan fingerprint density at radius 3 is 2.43 bits per heavy atom. The van der Waals surface area contributed by atoms with E-state index in [1.807, 2.05) is 0 Å². The SMILES string of the molecule is CC1(C)C(=O)N(CO)C(=O)N1NC=O. The molecule has 0 spiro atoms. The number of rotatable bonds is 3. The molecule has 7 nitrogen and oxygen atoms in total. The average molecular weight is 201 g/mol. The van der Waals surface area contributed by atoms with Gasteiger partial charge in [0.05, 0.1) is 0 Å². The van der Waals surface area contributed by atoms with Crippen molar-refractivity contribution < 1.29 is 19.5 Å². The van der Waals surface area contributed by atoms with Crippen LogP contribution in [0.4, 0.5) is 4.79 Å². The smallest absolute Gasteiger partial charge is 0.348 e. The molecule has 14 heavy (non-hydrogen) atoms. The van der Waals surface area contributed by atoms with Crippen molar-refractivity contribution in [2.45, 2.75) is 19.4 Å². The molecule has 1 fully saturated rings. The van der Waals surface area contributed by atoms with E-state index in [1.165, 1.54) is 13.8 Å². The summed E-state index contributed by atoms with van der Waals surface area (Å²) in [6.07, 6.45) is 0.299. The van der Waals surface area contributed by atoms with Gasteiger partial charge in [0.25, 0.3) is 5.91 Å². The molecule has 0 bridgehead atoms. The van der Waals surface area contributed by atoms with Crippen LogP contribution in [0.3, 0.4) is 0 Å². The van der Waals surface area contributed by atoms with Gasteiger partial charge >= 0.3 is 6.03 Å². The van der Waals surface area contributed by atoms with Crippen LogP contribution in [0, 0.1) is 0 Å². The van der Waals surface area contributed by atoms with E-state index >= 15 is 0 Å². The summed E-state index contributed by atoms with van der Waals surface area (Å²) in [6, 6.07) is -0.741. The first-order valence-electron chi connectivity index (χ1n) is 3.93. The van der Waals surface area contributed by atoms with Crippen LogP contribution in [0.1, 0.15) is 13.8 Å². The minimum absolute atomic E-state index is 0.299. The molecule has 1 aliphatic heterocycles. The number of hydrazine groups is 1. The third-order valence-electron chi connectivity index (χ3n) is 2.07. The highest BCUT2D eigenvalue weighted by Gasteiger charge is 2.51. The quantitative estimate of drug-likeness (QED) is 0.436. The first-order chi connectivity index (χ1) is 6.46. The van der Waals surface area contributed by atoms with Gasteiger partial charge < -0.3 is 5.11 Å². The van der Waals surface area contributed by atoms with Crippen molar-refractivity contribution in [2.24, 2.45) is 0 Å². The van der Waals surface area contributed by atoms with E-state index in [4.69, 9.17) is 5.11 Å². The van der Waals surface area contributed by atoms with Crippen molar-refractivity contribution in [2.75, 3.05) is 6.73 Å². The number of amides is 4. The summed E-state index contributed by atoms with van der Waals surface area (Å²) in [5, 5.41) is 9.64. The summed E-state index contributed by atoms with van der Waals surface area (Å²) >= 11 is 0. The lowest BCUT2D eigenvalue weighted by molar-refractivity contribution is -0.134. The minimum Gasteiger partial charge on any atom is -0.376 e. The fraction of sp³-hybridized carbons (Fsp3) is 0.571. The molecule has 0 unspecified atom stereocenters. The van der Waals surface area contributed by atoms with Crippen LogP contribution in [0.5, 0.6) is 0 Å². The predicted octanol–water partition coefficient (Wildman–Crippen LogP) is -1.36. The Morgan fingerprint density at radius 2 is 2.07 bits per heavy atom. The molecule has 2 N–H and O–H groups in total. The fourth-order valence-electron chi connectivity index (χ4n) is 1.27. The Balaban J connectivity index is 3.02. The van der Waals surface area contributed by atoms with Crippen molar-refractivity contribution in [1.82, 2.24) is 15.3 Å². The lowest BCUT2D eigenvalue weighted by Gasteiger charge is -2.25. The lowest BCUT2D eigenvalue weighted by Crippen LogP contribution is -2.51. The van der Waals surface area contributed by atoms with Crippen LogP contribution in [-0.4, -0.2) is 45.6 Å². The van der Waals surface area contributed by atoms with Crippen LogP contribution in [0.2, 0.25) is 0 Å². The number of aliphatic hydroxyl groups is 1. The topological polar surface area (TPSA) is 90.0 Å². The van der Waals surface area contributed by atoms with Crippen molar-refractivity contribution in [1.29, 1.82) is 0 Å². The number of hydrogen-bond donors (Lipinski definition) is 2. The Kier molecular flexibility index (Phi) is 2.43. The normalized spacial score (nSPS) is 20.2. The number of imide groups is 1. The Bertz CT molecular complexity index is 289. The molecule has 0 aromatic carbocycles. The van der Waals surface area contributed by atoms with Crippen LogP contribution >= 0.6 is 0 Å². The van der Waals surface area contributed by atoms with E-state index in [0.717, 1.165) is 5.01 Å². The number of aliphatic hydroxyl groups excluding tert-OH is 1. The Morgan fingerprint density at radius 1 is 1.50 bits per heavy atom. The Labute approximate surface area is 80.2 Å². The second-order valence-electron chi connectivity index (χ2n) is 3.30. The van der Waals surface area contributed by atoms with Gasteiger partial charge in [0.2, 0.25) is 6.41 Å². The van der Waals surface area contributed by atoms with Crippen LogP contribution in [-0.2, 0) is 9.59 Å². The minimum atomic E-state index is -1.17. The van der Waals surface area contributed by atoms with Crippen molar-refractivity contribution in [3.05, 3.63) is 0 Å². The first kappa shape index (κ1) is 10.5. The van der Waals surface area contributed by atoms with E-state index in [0.29, 0.717) is 11.3 Å². The van der Waals surface area contributed by atoms with Gasteiger partial charge in [0, 0.05) is 0 Å². The van der Waals surface area contributed by atoms with Gasteiger partial charge in [0.15, 0.2) is 0 Å². The summed E-state index contributed by atoms with van der Waals surface area (Å²) in [5.41, 5.74) is 0.943. The molecule has 78 valence electrons. The van der Waals surface area contributed by atoms with Gasteiger partial charge in [-0.05, 0) is 13.8 Å². The van der Waals surface area contributed by atoms with Gasteiger partial charge in [-0.3, -0.25) is 15.0 Å². The van der Waals surface area contributed by atoms with Gasteiger partial charge in [-0.1, -0.05) is 0 Å². The standard InChI is InChI=1S/C7H11N3O4/c1-7(2)5(13)9(4-12)6(14)10(7)8-3-11/h3,12H,4H2,1-2H3,(H,8,11). The van der Waals surface area contributed by atoms with E-state index < -0.39 is 24.2 Å². The summed E-state index contributed by atoms with van der Waals surface area (Å²) in [7, 11) is 0. The largest absolute Gasteiger partial charge is 0.376 e. The number of carbonyl (C=O) groups excluding carboxylic acids is 3. The third kappa shape index (κ3) is 1.22. The molecule has 0 radical (unpaired) electrons. The maximum absolute atomic E-state index is 11.5. The van der Waals surface area contributed by atoms with Crippen molar-refractivity contribution in [3.63, 3.8) is 0 Å². The lowest BCUT2D eigenvalue weighted by atomic mass is 10.1. The van der Waals surface area contributed by atoms with Gasteiger partial charge in [-0.25, -0.2) is 14.7 Å². The fourth-order valence-corrected chi connectivity index (χ4v) is 1.27. The van der Waals surface area contributed by atoms with E-state index in [1.54, 1.807) is 0 Å². The van der Waals surface area contributed by atoms with Crippen LogP contribution in [0.25, 0.3) is 0 Å². The molecule has 0 atom stereocenters. The molecule has 7 heteroatoms. The molecular formula is C7H11N3O4. The number of hydrogen-bond acceptors (Lipinski definition) is 4. The van der Waals surface area contributed by atoms with Gasteiger partial charge in [-0.2, -0.15) is 0 Å². The highest BCUT2D eigenvalue weighted by Crippen LogP contribution is 2.24. The average Bonchev–Trinajstić information content (AvgIpc) is 2.28. The van der Waals surface area contributed by atoms with Gasteiger partial charge in [-0.15, -0.1) is 0 Å². The molecule has 1 heterocycles. The van der Waals surface area contributed by atoms with Crippen molar-refractivity contribution in [3.8, 4) is 0 Å². The van der Waals surface area contributed by atoms with Crippen molar-refractivity contribution >= 4 is 18.3 Å². The van der Waals surface area contributed by atoms with E-state index in [9.17, 15) is 14.4 Å². The number of nitrogens with one attached hydrogen (secondary N) is 1. The second kappa shape index (κ2) is 3.26. The number of nitrogens with zero attached hydrogens (tertiary/aromatic N) is 2. The number of carbonyl (C=O) groups is 3. The van der Waals surface area contributed by atoms with Gasteiger partial charge in [0.1, 0.15) is 12.3 Å². The maximum Gasteiger partial charge on any atom is 0.348 e.